The maximum atomic E-state index is 16.1. The second-order valence-electron chi connectivity index (χ2n) is 12.3. The van der Waals surface area contributed by atoms with E-state index >= 15 is 13.2 Å². The van der Waals surface area contributed by atoms with Gasteiger partial charge in [-0.1, -0.05) is 39.8 Å². The highest BCUT2D eigenvalue weighted by Crippen LogP contribution is 2.39. The van der Waals surface area contributed by atoms with E-state index in [1.165, 1.54) is 12.1 Å². The summed E-state index contributed by atoms with van der Waals surface area (Å²) in [4.78, 5) is 7.36. The summed E-state index contributed by atoms with van der Waals surface area (Å²) in [5.41, 5.74) is -0.0341. The second kappa shape index (κ2) is 15.0. The predicted molar refractivity (Wildman–Crippen MR) is 168 cm³/mol. The fourth-order valence-electron chi connectivity index (χ4n) is 6.30. The van der Waals surface area contributed by atoms with Crippen LogP contribution in [0.5, 0.6) is 0 Å². The standard InChI is InChI=1S/C34H48F4N4O2/c1-6-22(3)15-30-27(16-23(4)44-5)26-9-13-42(21-34(38,7-2)10-14-43)33(32(26)40-30)31-28(36)17-24(18-29(31)37)39-25-19-41(20-25)12-8-11-35/h15-18,22,25,33,39-40,43H,4,6-14,19-21H2,1-3,5H3/b27-16-,30-15+. The Labute approximate surface area is 258 Å². The van der Waals surface area contributed by atoms with Crippen LogP contribution in [-0.2, 0) is 11.2 Å². The molecule has 10 heteroatoms. The Balaban J connectivity index is 1.80. The molecule has 2 aliphatic rings. The molecule has 1 aromatic carbocycles. The first-order valence-electron chi connectivity index (χ1n) is 15.8. The van der Waals surface area contributed by atoms with E-state index in [1.807, 2.05) is 6.08 Å². The highest BCUT2D eigenvalue weighted by Gasteiger charge is 2.40. The van der Waals surface area contributed by atoms with Crippen molar-refractivity contribution < 1.29 is 27.4 Å². The van der Waals surface area contributed by atoms with Gasteiger partial charge in [0.05, 0.1) is 25.9 Å². The minimum Gasteiger partial charge on any atom is -0.497 e. The number of allylic oxidation sites excluding steroid dienone is 1. The molecule has 0 radical (unpaired) electrons. The molecule has 3 unspecified atom stereocenters. The molecule has 44 heavy (non-hydrogen) atoms. The average Bonchev–Trinajstić information content (AvgIpc) is 3.30. The molecule has 3 atom stereocenters. The third-order valence-electron chi connectivity index (χ3n) is 9.13. The van der Waals surface area contributed by atoms with E-state index in [1.54, 1.807) is 18.9 Å². The fourth-order valence-corrected chi connectivity index (χ4v) is 6.30. The normalized spacial score (nSPS) is 20.7. The largest absolute Gasteiger partial charge is 0.497 e. The summed E-state index contributed by atoms with van der Waals surface area (Å²) >= 11 is 0. The summed E-state index contributed by atoms with van der Waals surface area (Å²) < 4.78 is 66.1. The first-order valence-corrected chi connectivity index (χ1v) is 15.8. The molecule has 0 bridgehead atoms. The van der Waals surface area contributed by atoms with E-state index in [-0.39, 0.29) is 50.2 Å². The van der Waals surface area contributed by atoms with Gasteiger partial charge in [-0.05, 0) is 49.0 Å². The van der Waals surface area contributed by atoms with Gasteiger partial charge in [-0.3, -0.25) is 14.2 Å². The molecule has 3 heterocycles. The van der Waals surface area contributed by atoms with Gasteiger partial charge in [-0.25, -0.2) is 13.2 Å². The maximum Gasteiger partial charge on any atom is 0.133 e. The summed E-state index contributed by atoms with van der Waals surface area (Å²) in [6, 6.07) is 1.71. The van der Waals surface area contributed by atoms with Gasteiger partial charge >= 0.3 is 0 Å². The van der Waals surface area contributed by atoms with E-state index in [2.05, 4.69) is 41.7 Å². The Morgan fingerprint density at radius 3 is 2.57 bits per heavy atom. The number of aromatic amines is 1. The minimum absolute atomic E-state index is 0.0151. The Kier molecular flexibility index (Phi) is 11.6. The van der Waals surface area contributed by atoms with Crippen LogP contribution in [-0.4, -0.2) is 84.7 Å². The van der Waals surface area contributed by atoms with Gasteiger partial charge in [0.2, 0.25) is 0 Å². The Bertz CT molecular complexity index is 1380. The van der Waals surface area contributed by atoms with Crippen LogP contribution in [0.15, 0.2) is 24.5 Å². The number of fused-ring (bicyclic) bond motifs is 1. The van der Waals surface area contributed by atoms with E-state index in [4.69, 9.17) is 4.74 Å². The van der Waals surface area contributed by atoms with Gasteiger partial charge in [0.25, 0.3) is 0 Å². The monoisotopic (exact) mass is 620 g/mol. The molecule has 6 nitrogen and oxygen atoms in total. The number of likely N-dealkylation sites (tertiary alicyclic amines) is 1. The number of nitrogens with zero attached hydrogens (tertiary/aromatic N) is 2. The zero-order valence-electron chi connectivity index (χ0n) is 26.5. The molecular formula is C34H48F4N4O2. The van der Waals surface area contributed by atoms with Gasteiger partial charge in [0.15, 0.2) is 0 Å². The van der Waals surface area contributed by atoms with Crippen LogP contribution in [0.1, 0.15) is 69.3 Å². The highest BCUT2D eigenvalue weighted by molar-refractivity contribution is 5.52. The Morgan fingerprint density at radius 2 is 1.98 bits per heavy atom. The molecule has 2 aliphatic heterocycles. The number of aromatic nitrogens is 1. The molecule has 244 valence electrons. The number of H-pyrrole nitrogens is 1. The molecule has 0 aliphatic carbocycles. The number of nitrogens with one attached hydrogen (secondary N) is 2. The number of aliphatic hydroxyl groups excluding tert-OH is 1. The van der Waals surface area contributed by atoms with Crippen molar-refractivity contribution in [1.29, 1.82) is 0 Å². The number of methoxy groups -OCH3 is 1. The molecule has 1 saturated heterocycles. The van der Waals surface area contributed by atoms with E-state index in [0.29, 0.717) is 56.2 Å². The third-order valence-corrected chi connectivity index (χ3v) is 9.13. The van der Waals surface area contributed by atoms with Crippen molar-refractivity contribution in [3.05, 3.63) is 63.5 Å². The lowest BCUT2D eigenvalue weighted by atomic mass is 9.89. The van der Waals surface area contributed by atoms with Crippen LogP contribution in [0.3, 0.4) is 0 Å². The highest BCUT2D eigenvalue weighted by atomic mass is 19.1. The number of anilines is 1. The van der Waals surface area contributed by atoms with Crippen molar-refractivity contribution in [2.45, 2.75) is 70.6 Å². The average molecular weight is 621 g/mol. The molecule has 1 aromatic heterocycles. The lowest BCUT2D eigenvalue weighted by molar-refractivity contribution is 0.0440. The van der Waals surface area contributed by atoms with Crippen LogP contribution >= 0.6 is 0 Å². The lowest BCUT2D eigenvalue weighted by Crippen LogP contribution is -2.54. The summed E-state index contributed by atoms with van der Waals surface area (Å²) in [5.74, 6) is -0.760. The third kappa shape index (κ3) is 7.69. The number of hydrogen-bond acceptors (Lipinski definition) is 5. The van der Waals surface area contributed by atoms with Gasteiger partial charge in [0.1, 0.15) is 23.1 Å². The van der Waals surface area contributed by atoms with Crippen molar-refractivity contribution >= 4 is 17.8 Å². The quantitative estimate of drug-likeness (QED) is 0.194. The number of aliphatic hydroxyl groups is 1. The molecule has 4 rings (SSSR count). The number of halogens is 4. The number of ether oxygens (including phenoxy) is 1. The minimum atomic E-state index is -1.73. The topological polar surface area (TPSA) is 63.8 Å². The number of hydrogen-bond donors (Lipinski definition) is 3. The van der Waals surface area contributed by atoms with Crippen molar-refractivity contribution in [3.8, 4) is 0 Å². The Morgan fingerprint density at radius 1 is 1.27 bits per heavy atom. The molecule has 2 aromatic rings. The van der Waals surface area contributed by atoms with Crippen LogP contribution in [0, 0.1) is 17.6 Å². The van der Waals surface area contributed by atoms with Crippen LogP contribution in [0.25, 0.3) is 12.2 Å². The molecule has 0 saturated carbocycles. The van der Waals surface area contributed by atoms with Crippen molar-refractivity contribution in [3.63, 3.8) is 0 Å². The molecule has 0 amide bonds. The van der Waals surface area contributed by atoms with Crippen LogP contribution in [0.4, 0.5) is 23.2 Å². The maximum absolute atomic E-state index is 16.1. The smallest absolute Gasteiger partial charge is 0.133 e. The summed E-state index contributed by atoms with van der Waals surface area (Å²) in [5, 5.41) is 14.5. The summed E-state index contributed by atoms with van der Waals surface area (Å²) in [7, 11) is 1.54. The SMILES string of the molecule is C=C(/C=c1/c2c([nH]/c1=C/C(C)CC)C(c1c(F)cc(NC3CN(CCCF)C3)cc1F)N(CC(F)(CC)CCO)CC2)OC. The molecular weight excluding hydrogens is 572 g/mol. The second-order valence-corrected chi connectivity index (χ2v) is 12.3. The van der Waals surface area contributed by atoms with Crippen LogP contribution in [0.2, 0.25) is 0 Å². The van der Waals surface area contributed by atoms with Crippen molar-refractivity contribution in [2.24, 2.45) is 5.92 Å². The first-order chi connectivity index (χ1) is 21.1. The summed E-state index contributed by atoms with van der Waals surface area (Å²) in [6.07, 6.45) is 5.92. The van der Waals surface area contributed by atoms with E-state index in [0.717, 1.165) is 22.6 Å². The Hall–Kier alpha value is -2.82. The van der Waals surface area contributed by atoms with E-state index in [9.17, 15) is 9.50 Å². The first kappa shape index (κ1) is 34.1. The van der Waals surface area contributed by atoms with E-state index < -0.39 is 23.3 Å². The molecule has 3 N–H and O–H groups in total. The van der Waals surface area contributed by atoms with Crippen LogP contribution < -0.4 is 15.9 Å². The fraction of sp³-hybridized carbons (Fsp3) is 0.588. The van der Waals surface area contributed by atoms with Gasteiger partial charge in [0, 0.05) is 73.3 Å². The number of rotatable bonds is 15. The number of benzene rings is 1. The van der Waals surface area contributed by atoms with Gasteiger partial charge < -0.3 is 20.1 Å². The van der Waals surface area contributed by atoms with Gasteiger partial charge in [-0.2, -0.15) is 0 Å². The molecule has 0 spiro atoms. The van der Waals surface area contributed by atoms with Crippen molar-refractivity contribution in [2.75, 3.05) is 58.4 Å². The van der Waals surface area contributed by atoms with Gasteiger partial charge in [-0.15, -0.1) is 0 Å². The zero-order chi connectivity index (χ0) is 32.0. The lowest BCUT2D eigenvalue weighted by Gasteiger charge is -2.41. The number of alkyl halides is 2. The predicted octanol–water partition coefficient (Wildman–Crippen LogP) is 4.96. The molecule has 1 fully saturated rings. The zero-order valence-corrected chi connectivity index (χ0v) is 26.5. The van der Waals surface area contributed by atoms with Crippen molar-refractivity contribution in [1.82, 2.24) is 14.8 Å². The summed E-state index contributed by atoms with van der Waals surface area (Å²) in [6.45, 7) is 11.5.